The summed E-state index contributed by atoms with van der Waals surface area (Å²) in [6.45, 7) is 0.733. The number of rotatable bonds is 6. The number of hydrogen-bond donors (Lipinski definition) is 1. The Morgan fingerprint density at radius 3 is 2.83 bits per heavy atom. The average Bonchev–Trinajstić information content (AvgIpc) is 3.05. The first-order valence-corrected chi connectivity index (χ1v) is 8.95. The molecule has 4 rings (SSSR count). The molecule has 1 saturated carbocycles. The highest BCUT2D eigenvalue weighted by atomic mass is 32.1. The predicted molar refractivity (Wildman–Crippen MR) is 94.3 cm³/mol. The number of hydrogen-bond acceptors (Lipinski definition) is 5. The summed E-state index contributed by atoms with van der Waals surface area (Å²) in [6, 6.07) is 16.7. The van der Waals surface area contributed by atoms with Crippen molar-refractivity contribution in [1.82, 2.24) is 4.98 Å². The smallest absolute Gasteiger partial charge is 0.232 e. The highest BCUT2D eigenvalue weighted by Crippen LogP contribution is 2.54. The van der Waals surface area contributed by atoms with Crippen LogP contribution in [-0.2, 0) is 6.42 Å². The van der Waals surface area contributed by atoms with E-state index in [1.54, 1.807) is 11.3 Å². The number of aromatic nitrogens is 1. The predicted octanol–water partition coefficient (Wildman–Crippen LogP) is 4.53. The van der Waals surface area contributed by atoms with E-state index in [4.69, 9.17) is 4.42 Å². The van der Waals surface area contributed by atoms with Crippen molar-refractivity contribution >= 4 is 17.2 Å². The Bertz CT molecular complexity index is 849. The van der Waals surface area contributed by atoms with Crippen LogP contribution < -0.4 is 5.32 Å². The highest BCUT2D eigenvalue weighted by Gasteiger charge is 2.43. The molecular formula is C19H17N3OS. The standard InChI is InChI=1S/C19H17N3OS/c20-12-17-19(21-9-8-14-7-4-10-24-14)23-18(22-17)16-11-15(16)13-5-2-1-3-6-13/h1-7,10,15-16,21H,8-9,11H2. The summed E-state index contributed by atoms with van der Waals surface area (Å²) in [6.07, 6.45) is 1.94. The molecule has 0 radical (unpaired) electrons. The highest BCUT2D eigenvalue weighted by molar-refractivity contribution is 7.09. The van der Waals surface area contributed by atoms with Crippen molar-refractivity contribution in [2.75, 3.05) is 11.9 Å². The second-order valence-electron chi connectivity index (χ2n) is 5.96. The lowest BCUT2D eigenvalue weighted by molar-refractivity contribution is 0.505. The van der Waals surface area contributed by atoms with E-state index < -0.39 is 0 Å². The minimum absolute atomic E-state index is 0.285. The maximum absolute atomic E-state index is 9.29. The first kappa shape index (κ1) is 15.0. The third-order valence-corrected chi connectivity index (χ3v) is 5.26. The van der Waals surface area contributed by atoms with Crippen molar-refractivity contribution < 1.29 is 4.42 Å². The van der Waals surface area contributed by atoms with Crippen molar-refractivity contribution in [3.63, 3.8) is 0 Å². The molecule has 4 nitrogen and oxygen atoms in total. The third-order valence-electron chi connectivity index (χ3n) is 4.32. The fraction of sp³-hybridized carbons (Fsp3) is 0.263. The normalized spacial score (nSPS) is 19.0. The van der Waals surface area contributed by atoms with E-state index >= 15 is 0 Å². The SMILES string of the molecule is N#Cc1nc(C2CC2c2ccccc2)oc1NCCc1cccs1. The quantitative estimate of drug-likeness (QED) is 0.719. The van der Waals surface area contributed by atoms with E-state index in [0.717, 1.165) is 19.4 Å². The van der Waals surface area contributed by atoms with Gasteiger partial charge in [0.2, 0.25) is 17.5 Å². The van der Waals surface area contributed by atoms with E-state index in [-0.39, 0.29) is 5.92 Å². The second-order valence-corrected chi connectivity index (χ2v) is 6.99. The average molecular weight is 335 g/mol. The van der Waals surface area contributed by atoms with Crippen LogP contribution in [0.5, 0.6) is 0 Å². The Balaban J connectivity index is 1.43. The van der Waals surface area contributed by atoms with Gasteiger partial charge in [0.1, 0.15) is 6.07 Å². The molecule has 2 unspecified atom stereocenters. The maximum atomic E-state index is 9.29. The molecule has 2 heterocycles. The number of oxazole rings is 1. The minimum atomic E-state index is 0.285. The van der Waals surface area contributed by atoms with Gasteiger partial charge in [-0.15, -0.1) is 11.3 Å². The summed E-state index contributed by atoms with van der Waals surface area (Å²) in [5.41, 5.74) is 1.67. The minimum Gasteiger partial charge on any atom is -0.424 e. The van der Waals surface area contributed by atoms with Gasteiger partial charge in [-0.1, -0.05) is 36.4 Å². The second kappa shape index (κ2) is 6.50. The Labute approximate surface area is 144 Å². The molecular weight excluding hydrogens is 318 g/mol. The number of nitriles is 1. The van der Waals surface area contributed by atoms with Crippen LogP contribution in [0.3, 0.4) is 0 Å². The van der Waals surface area contributed by atoms with Crippen LogP contribution >= 0.6 is 11.3 Å². The van der Waals surface area contributed by atoms with Gasteiger partial charge in [-0.2, -0.15) is 5.26 Å². The lowest BCUT2D eigenvalue weighted by Gasteiger charge is -2.01. The summed E-state index contributed by atoms with van der Waals surface area (Å²) < 4.78 is 5.86. The molecule has 0 amide bonds. The zero-order valence-electron chi connectivity index (χ0n) is 13.1. The molecule has 1 aromatic carbocycles. The van der Waals surface area contributed by atoms with Gasteiger partial charge < -0.3 is 9.73 Å². The molecule has 0 spiro atoms. The van der Waals surface area contributed by atoms with Gasteiger partial charge in [-0.3, -0.25) is 0 Å². The molecule has 1 fully saturated rings. The van der Waals surface area contributed by atoms with Crippen LogP contribution in [0, 0.1) is 11.3 Å². The number of nitrogens with zero attached hydrogens (tertiary/aromatic N) is 2. The maximum Gasteiger partial charge on any atom is 0.232 e. The molecule has 0 aliphatic heterocycles. The van der Waals surface area contributed by atoms with E-state index in [0.29, 0.717) is 23.4 Å². The van der Waals surface area contributed by atoms with Crippen molar-refractivity contribution in [2.24, 2.45) is 0 Å². The van der Waals surface area contributed by atoms with Gasteiger partial charge in [-0.05, 0) is 35.8 Å². The molecule has 1 N–H and O–H groups in total. The van der Waals surface area contributed by atoms with Crippen LogP contribution in [0.1, 0.15) is 40.3 Å². The first-order valence-electron chi connectivity index (χ1n) is 8.07. The van der Waals surface area contributed by atoms with E-state index in [1.165, 1.54) is 10.4 Å². The van der Waals surface area contributed by atoms with Crippen LogP contribution in [-0.4, -0.2) is 11.5 Å². The zero-order chi connectivity index (χ0) is 16.4. The van der Waals surface area contributed by atoms with Crippen molar-refractivity contribution in [3.8, 4) is 6.07 Å². The summed E-state index contributed by atoms with van der Waals surface area (Å²) in [5.74, 6) is 1.92. The van der Waals surface area contributed by atoms with Gasteiger partial charge in [-0.25, -0.2) is 4.98 Å². The third kappa shape index (κ3) is 3.06. The molecule has 120 valence electrons. The summed E-state index contributed by atoms with van der Waals surface area (Å²) in [4.78, 5) is 5.71. The largest absolute Gasteiger partial charge is 0.424 e. The molecule has 0 saturated heterocycles. The van der Waals surface area contributed by atoms with Crippen molar-refractivity contribution in [3.05, 3.63) is 69.9 Å². The van der Waals surface area contributed by atoms with Crippen LogP contribution in [0.15, 0.2) is 52.3 Å². The van der Waals surface area contributed by atoms with Crippen molar-refractivity contribution in [2.45, 2.75) is 24.7 Å². The first-order chi connectivity index (χ1) is 11.8. The summed E-state index contributed by atoms with van der Waals surface area (Å²) in [7, 11) is 0. The molecule has 2 aromatic heterocycles. The number of thiophene rings is 1. The molecule has 2 atom stereocenters. The number of anilines is 1. The lowest BCUT2D eigenvalue weighted by atomic mass is 10.1. The Morgan fingerprint density at radius 1 is 1.21 bits per heavy atom. The molecule has 3 aromatic rings. The van der Waals surface area contributed by atoms with Gasteiger partial charge in [0.15, 0.2) is 0 Å². The van der Waals surface area contributed by atoms with Gasteiger partial charge >= 0.3 is 0 Å². The van der Waals surface area contributed by atoms with Crippen LogP contribution in [0.25, 0.3) is 0 Å². The van der Waals surface area contributed by atoms with E-state index in [9.17, 15) is 5.26 Å². The molecule has 5 heteroatoms. The zero-order valence-corrected chi connectivity index (χ0v) is 13.9. The van der Waals surface area contributed by atoms with E-state index in [1.807, 2.05) is 12.1 Å². The lowest BCUT2D eigenvalue weighted by Crippen LogP contribution is -2.04. The van der Waals surface area contributed by atoms with Gasteiger partial charge in [0, 0.05) is 17.3 Å². The fourth-order valence-electron chi connectivity index (χ4n) is 2.98. The Morgan fingerprint density at radius 2 is 2.08 bits per heavy atom. The number of nitrogens with one attached hydrogen (secondary N) is 1. The summed E-state index contributed by atoms with van der Waals surface area (Å²) in [5, 5.41) is 14.6. The molecule has 0 bridgehead atoms. The van der Waals surface area contributed by atoms with Crippen molar-refractivity contribution in [1.29, 1.82) is 5.26 Å². The Hall–Kier alpha value is -2.58. The Kier molecular flexibility index (Phi) is 4.06. The molecule has 1 aliphatic carbocycles. The number of benzene rings is 1. The van der Waals surface area contributed by atoms with Gasteiger partial charge in [0.05, 0.1) is 0 Å². The monoisotopic (exact) mass is 335 g/mol. The van der Waals surface area contributed by atoms with Crippen LogP contribution in [0.2, 0.25) is 0 Å². The molecule has 24 heavy (non-hydrogen) atoms. The molecule has 1 aliphatic rings. The van der Waals surface area contributed by atoms with E-state index in [2.05, 4.69) is 52.1 Å². The topological polar surface area (TPSA) is 61.9 Å². The fourth-order valence-corrected chi connectivity index (χ4v) is 3.69. The summed E-state index contributed by atoms with van der Waals surface area (Å²) >= 11 is 1.73. The van der Waals surface area contributed by atoms with Crippen LogP contribution in [0.4, 0.5) is 5.88 Å². The van der Waals surface area contributed by atoms with Gasteiger partial charge in [0.25, 0.3) is 0 Å².